The van der Waals surface area contributed by atoms with E-state index in [1.54, 1.807) is 27.8 Å². The van der Waals surface area contributed by atoms with E-state index in [0.29, 0.717) is 5.82 Å². The zero-order valence-electron chi connectivity index (χ0n) is 13.2. The van der Waals surface area contributed by atoms with Crippen LogP contribution in [0.15, 0.2) is 24.3 Å². The average molecular weight is 326 g/mol. The minimum atomic E-state index is -4.46. The van der Waals surface area contributed by atoms with Gasteiger partial charge >= 0.3 is 6.18 Å². The first-order chi connectivity index (χ1) is 10.5. The van der Waals surface area contributed by atoms with Crippen LogP contribution in [0.5, 0.6) is 0 Å². The molecule has 124 valence electrons. The Hall–Kier alpha value is -2.38. The van der Waals surface area contributed by atoms with Gasteiger partial charge in [-0.2, -0.15) is 18.2 Å². The van der Waals surface area contributed by atoms with Gasteiger partial charge in [0.2, 0.25) is 11.9 Å². The van der Waals surface area contributed by atoms with Crippen LogP contribution in [-0.4, -0.2) is 20.7 Å². The molecular formula is C15H17F3N4O. The van der Waals surface area contributed by atoms with Crippen LogP contribution in [0.4, 0.5) is 19.1 Å². The van der Waals surface area contributed by atoms with Crippen LogP contribution < -0.4 is 5.32 Å². The van der Waals surface area contributed by atoms with Crippen molar-refractivity contribution in [2.24, 2.45) is 7.05 Å². The van der Waals surface area contributed by atoms with Crippen LogP contribution >= 0.6 is 0 Å². The number of halogens is 3. The summed E-state index contributed by atoms with van der Waals surface area (Å²) in [4.78, 5) is 16.5. The van der Waals surface area contributed by atoms with Gasteiger partial charge in [-0.05, 0) is 32.4 Å². The third kappa shape index (κ3) is 3.52. The third-order valence-electron chi connectivity index (χ3n) is 3.69. The van der Waals surface area contributed by atoms with E-state index in [1.807, 2.05) is 0 Å². The second-order valence-electron chi connectivity index (χ2n) is 5.76. The van der Waals surface area contributed by atoms with E-state index >= 15 is 0 Å². The standard InChI is InChI=1S/C15H17F3N4O/c1-9-19-13(21-22(9)4)20-12(23)14(2,3)10-6-5-7-11(8-10)15(16,17)18/h5-8H,1-4H3,(H,20,21,23). The largest absolute Gasteiger partial charge is 0.416 e. The van der Waals surface area contributed by atoms with Gasteiger partial charge in [-0.3, -0.25) is 14.8 Å². The van der Waals surface area contributed by atoms with Crippen molar-refractivity contribution in [2.45, 2.75) is 32.4 Å². The summed E-state index contributed by atoms with van der Waals surface area (Å²) < 4.78 is 40.0. The van der Waals surface area contributed by atoms with Gasteiger partial charge in [0.15, 0.2) is 0 Å². The number of rotatable bonds is 3. The van der Waals surface area contributed by atoms with Crippen LogP contribution in [0, 0.1) is 6.92 Å². The molecule has 0 spiro atoms. The highest BCUT2D eigenvalue weighted by atomic mass is 19.4. The molecule has 0 aliphatic heterocycles. The van der Waals surface area contributed by atoms with Crippen molar-refractivity contribution in [3.8, 4) is 0 Å². The molecule has 1 aromatic heterocycles. The first-order valence-corrected chi connectivity index (χ1v) is 6.88. The summed E-state index contributed by atoms with van der Waals surface area (Å²) in [6.07, 6.45) is -4.46. The summed E-state index contributed by atoms with van der Waals surface area (Å²) in [5.41, 5.74) is -1.70. The second kappa shape index (κ2) is 5.68. The number of nitrogens with one attached hydrogen (secondary N) is 1. The predicted octanol–water partition coefficient (Wildman–Crippen LogP) is 3.06. The highest BCUT2D eigenvalue weighted by Gasteiger charge is 2.35. The lowest BCUT2D eigenvalue weighted by Gasteiger charge is -2.24. The van der Waals surface area contributed by atoms with Crippen molar-refractivity contribution >= 4 is 11.9 Å². The van der Waals surface area contributed by atoms with Gasteiger partial charge in [0.1, 0.15) is 5.82 Å². The normalized spacial score (nSPS) is 12.3. The summed E-state index contributed by atoms with van der Waals surface area (Å²) in [6, 6.07) is 4.74. The molecule has 0 atom stereocenters. The van der Waals surface area contributed by atoms with Gasteiger partial charge in [0.05, 0.1) is 11.0 Å². The summed E-state index contributed by atoms with van der Waals surface area (Å²) in [5.74, 6) is 0.245. The fourth-order valence-corrected chi connectivity index (χ4v) is 1.99. The molecule has 0 fully saturated rings. The molecule has 0 saturated carbocycles. The lowest BCUT2D eigenvalue weighted by atomic mass is 9.83. The molecule has 0 radical (unpaired) electrons. The third-order valence-corrected chi connectivity index (χ3v) is 3.69. The molecule has 5 nitrogen and oxygen atoms in total. The van der Waals surface area contributed by atoms with Crippen molar-refractivity contribution in [3.05, 3.63) is 41.2 Å². The number of carbonyl (C=O) groups excluding carboxylic acids is 1. The maximum Gasteiger partial charge on any atom is 0.416 e. The molecule has 1 aromatic carbocycles. The average Bonchev–Trinajstić information content (AvgIpc) is 2.76. The number of amides is 1. The number of aryl methyl sites for hydroxylation is 2. The number of carbonyl (C=O) groups is 1. The number of alkyl halides is 3. The Kier molecular flexibility index (Phi) is 4.19. The molecule has 0 aliphatic carbocycles. The maximum atomic E-state index is 12.8. The molecule has 0 aliphatic rings. The van der Waals surface area contributed by atoms with Gasteiger partial charge in [-0.1, -0.05) is 18.2 Å². The van der Waals surface area contributed by atoms with Crippen molar-refractivity contribution in [1.82, 2.24) is 14.8 Å². The monoisotopic (exact) mass is 326 g/mol. The van der Waals surface area contributed by atoms with Gasteiger partial charge in [0.25, 0.3) is 0 Å². The van der Waals surface area contributed by atoms with E-state index in [0.717, 1.165) is 12.1 Å². The maximum absolute atomic E-state index is 12.8. The van der Waals surface area contributed by atoms with E-state index in [1.165, 1.54) is 16.8 Å². The molecule has 1 amide bonds. The van der Waals surface area contributed by atoms with Crippen molar-refractivity contribution < 1.29 is 18.0 Å². The molecule has 2 rings (SSSR count). The fraction of sp³-hybridized carbons (Fsp3) is 0.400. The summed E-state index contributed by atoms with van der Waals surface area (Å²) in [5, 5.41) is 6.55. The molecule has 0 saturated heterocycles. The van der Waals surface area contributed by atoms with E-state index in [9.17, 15) is 18.0 Å². The fourth-order valence-electron chi connectivity index (χ4n) is 1.99. The first-order valence-electron chi connectivity index (χ1n) is 6.88. The molecule has 2 aromatic rings. The topological polar surface area (TPSA) is 59.8 Å². The van der Waals surface area contributed by atoms with Crippen molar-refractivity contribution in [3.63, 3.8) is 0 Å². The lowest BCUT2D eigenvalue weighted by molar-refractivity contribution is -0.137. The summed E-state index contributed by atoms with van der Waals surface area (Å²) in [7, 11) is 1.68. The molecule has 23 heavy (non-hydrogen) atoms. The Balaban J connectivity index is 2.28. The van der Waals surface area contributed by atoms with Crippen LogP contribution in [0.25, 0.3) is 0 Å². The number of aromatic nitrogens is 3. The Morgan fingerprint density at radius 2 is 1.83 bits per heavy atom. The second-order valence-corrected chi connectivity index (χ2v) is 5.76. The minimum Gasteiger partial charge on any atom is -0.292 e. The Morgan fingerprint density at radius 1 is 1.22 bits per heavy atom. The number of anilines is 1. The Morgan fingerprint density at radius 3 is 2.35 bits per heavy atom. The quantitative estimate of drug-likeness (QED) is 0.943. The molecular weight excluding hydrogens is 309 g/mol. The Labute approximate surface area is 131 Å². The smallest absolute Gasteiger partial charge is 0.292 e. The van der Waals surface area contributed by atoms with E-state index < -0.39 is 23.1 Å². The van der Waals surface area contributed by atoms with Gasteiger partial charge < -0.3 is 0 Å². The molecule has 0 unspecified atom stereocenters. The van der Waals surface area contributed by atoms with Crippen LogP contribution in [-0.2, 0) is 23.4 Å². The van der Waals surface area contributed by atoms with Gasteiger partial charge in [-0.15, -0.1) is 5.10 Å². The highest BCUT2D eigenvalue weighted by molar-refractivity contribution is 5.97. The lowest BCUT2D eigenvalue weighted by Crippen LogP contribution is -2.35. The first kappa shape index (κ1) is 17.0. The van der Waals surface area contributed by atoms with Crippen LogP contribution in [0.3, 0.4) is 0 Å². The summed E-state index contributed by atoms with van der Waals surface area (Å²) in [6.45, 7) is 4.82. The van der Waals surface area contributed by atoms with E-state index in [2.05, 4.69) is 15.4 Å². The highest BCUT2D eigenvalue weighted by Crippen LogP contribution is 2.33. The molecule has 1 N–H and O–H groups in total. The van der Waals surface area contributed by atoms with E-state index in [-0.39, 0.29) is 11.5 Å². The number of hydrogen-bond acceptors (Lipinski definition) is 3. The van der Waals surface area contributed by atoms with Crippen LogP contribution in [0.1, 0.15) is 30.8 Å². The number of nitrogens with zero attached hydrogens (tertiary/aromatic N) is 3. The molecule has 1 heterocycles. The predicted molar refractivity (Wildman–Crippen MR) is 78.8 cm³/mol. The Bertz CT molecular complexity index is 715. The van der Waals surface area contributed by atoms with Crippen LogP contribution in [0.2, 0.25) is 0 Å². The van der Waals surface area contributed by atoms with Gasteiger partial charge in [-0.25, -0.2) is 0 Å². The zero-order chi connectivity index (χ0) is 17.4. The minimum absolute atomic E-state index is 0.120. The van der Waals surface area contributed by atoms with E-state index in [4.69, 9.17) is 0 Å². The summed E-state index contributed by atoms with van der Waals surface area (Å²) >= 11 is 0. The molecule has 0 bridgehead atoms. The van der Waals surface area contributed by atoms with Crippen molar-refractivity contribution in [1.29, 1.82) is 0 Å². The SMILES string of the molecule is Cc1nc(NC(=O)C(C)(C)c2cccc(C(F)(F)F)c2)nn1C. The van der Waals surface area contributed by atoms with Gasteiger partial charge in [0, 0.05) is 7.05 Å². The van der Waals surface area contributed by atoms with Crippen molar-refractivity contribution in [2.75, 3.05) is 5.32 Å². The zero-order valence-corrected chi connectivity index (χ0v) is 13.2. The number of benzene rings is 1. The number of hydrogen-bond donors (Lipinski definition) is 1. The molecule has 8 heteroatoms.